The highest BCUT2D eigenvalue weighted by Crippen LogP contribution is 2.02. The highest BCUT2D eigenvalue weighted by atomic mass is 32.2. The van der Waals surface area contributed by atoms with Gasteiger partial charge in [-0.25, -0.2) is 0 Å². The van der Waals surface area contributed by atoms with Crippen molar-refractivity contribution in [3.8, 4) is 11.8 Å². The first-order valence-electron chi connectivity index (χ1n) is 5.69. The minimum atomic E-state index is -0.972. The molecular weight excluding hydrogens is 264 g/mol. The van der Waals surface area contributed by atoms with E-state index < -0.39 is 10.8 Å². The van der Waals surface area contributed by atoms with Gasteiger partial charge in [0.2, 0.25) is 0 Å². The van der Waals surface area contributed by atoms with Crippen molar-refractivity contribution in [3.63, 3.8) is 0 Å². The highest BCUT2D eigenvalue weighted by molar-refractivity contribution is 7.84. The lowest BCUT2D eigenvalue weighted by molar-refractivity contribution is 0.0953. The third-order valence-electron chi connectivity index (χ3n) is 2.43. The topological polar surface area (TPSA) is 79.3 Å². The summed E-state index contributed by atoms with van der Waals surface area (Å²) < 4.78 is 11.2. The fourth-order valence-corrected chi connectivity index (χ4v) is 1.55. The standard InChI is InChI=1S/C13H16N2O3S/c1-10(19(2)18)7-15-13(17)12-6-11(4-3-5-16)8-14-9-12/h6,8-10,16H,5,7H2,1-2H3,(H,15,17). The number of aliphatic hydroxyl groups excluding tert-OH is 1. The van der Waals surface area contributed by atoms with Crippen molar-refractivity contribution in [2.45, 2.75) is 12.2 Å². The van der Waals surface area contributed by atoms with Crippen LogP contribution in [0.3, 0.4) is 0 Å². The van der Waals surface area contributed by atoms with Gasteiger partial charge in [0.1, 0.15) is 6.61 Å². The predicted molar refractivity (Wildman–Crippen MR) is 74.1 cm³/mol. The molecule has 6 heteroatoms. The normalized spacial score (nSPS) is 13.0. The third kappa shape index (κ3) is 5.20. The molecule has 2 atom stereocenters. The molecule has 0 saturated carbocycles. The number of amides is 1. The Morgan fingerprint density at radius 2 is 2.32 bits per heavy atom. The van der Waals surface area contributed by atoms with Crippen LogP contribution in [0.25, 0.3) is 0 Å². The van der Waals surface area contributed by atoms with Crippen LogP contribution in [0, 0.1) is 11.8 Å². The van der Waals surface area contributed by atoms with E-state index in [9.17, 15) is 9.00 Å². The van der Waals surface area contributed by atoms with Gasteiger partial charge in [-0.3, -0.25) is 14.0 Å². The molecule has 0 fully saturated rings. The molecule has 19 heavy (non-hydrogen) atoms. The maximum absolute atomic E-state index is 11.9. The average molecular weight is 280 g/mol. The molecule has 0 aliphatic heterocycles. The molecule has 1 heterocycles. The van der Waals surface area contributed by atoms with Crippen LogP contribution in [-0.4, -0.2) is 44.9 Å². The van der Waals surface area contributed by atoms with E-state index in [1.54, 1.807) is 19.2 Å². The van der Waals surface area contributed by atoms with E-state index in [0.717, 1.165) is 0 Å². The van der Waals surface area contributed by atoms with Crippen molar-refractivity contribution < 1.29 is 14.1 Å². The number of rotatable bonds is 4. The molecular formula is C13H16N2O3S. The number of hydrogen-bond acceptors (Lipinski definition) is 4. The van der Waals surface area contributed by atoms with Crippen molar-refractivity contribution >= 4 is 16.7 Å². The summed E-state index contributed by atoms with van der Waals surface area (Å²) in [5, 5.41) is 11.2. The van der Waals surface area contributed by atoms with Crippen LogP contribution in [0.15, 0.2) is 18.5 Å². The Hall–Kier alpha value is -1.71. The molecule has 102 valence electrons. The van der Waals surface area contributed by atoms with Crippen molar-refractivity contribution in [2.24, 2.45) is 0 Å². The molecule has 1 amide bonds. The van der Waals surface area contributed by atoms with Crippen LogP contribution in [0.4, 0.5) is 0 Å². The second-order valence-corrected chi connectivity index (χ2v) is 5.74. The van der Waals surface area contributed by atoms with Gasteiger partial charge in [-0.05, 0) is 13.0 Å². The van der Waals surface area contributed by atoms with Crippen LogP contribution < -0.4 is 5.32 Å². The molecule has 2 unspecified atom stereocenters. The molecule has 0 saturated heterocycles. The first kappa shape index (κ1) is 15.3. The summed E-state index contributed by atoms with van der Waals surface area (Å²) >= 11 is 0. The average Bonchev–Trinajstić information content (AvgIpc) is 2.42. The summed E-state index contributed by atoms with van der Waals surface area (Å²) in [4.78, 5) is 15.8. The van der Waals surface area contributed by atoms with Gasteiger partial charge < -0.3 is 10.4 Å². The lowest BCUT2D eigenvalue weighted by Gasteiger charge is -2.09. The summed E-state index contributed by atoms with van der Waals surface area (Å²) in [5.41, 5.74) is 0.952. The number of carbonyl (C=O) groups is 1. The summed E-state index contributed by atoms with van der Waals surface area (Å²) in [6, 6.07) is 1.60. The SMILES string of the molecule is CC(CNC(=O)c1cncc(C#CCO)c1)S(C)=O. The highest BCUT2D eigenvalue weighted by Gasteiger charge is 2.10. The zero-order valence-corrected chi connectivity index (χ0v) is 11.7. The van der Waals surface area contributed by atoms with Crippen LogP contribution in [0.1, 0.15) is 22.8 Å². The maximum atomic E-state index is 11.9. The van der Waals surface area contributed by atoms with Crippen molar-refractivity contribution in [1.29, 1.82) is 0 Å². The Morgan fingerprint density at radius 3 is 2.95 bits per heavy atom. The molecule has 0 aromatic carbocycles. The molecule has 1 rings (SSSR count). The van der Waals surface area contributed by atoms with E-state index in [1.165, 1.54) is 12.4 Å². The number of nitrogens with zero attached hydrogens (tertiary/aromatic N) is 1. The number of aliphatic hydroxyl groups is 1. The number of hydrogen-bond donors (Lipinski definition) is 2. The Morgan fingerprint density at radius 1 is 1.58 bits per heavy atom. The molecule has 0 aliphatic carbocycles. The van der Waals surface area contributed by atoms with Gasteiger partial charge in [0.05, 0.1) is 5.56 Å². The number of aromatic nitrogens is 1. The smallest absolute Gasteiger partial charge is 0.252 e. The van der Waals surface area contributed by atoms with Gasteiger partial charge in [0, 0.05) is 46.8 Å². The van der Waals surface area contributed by atoms with Gasteiger partial charge >= 0.3 is 0 Å². The lowest BCUT2D eigenvalue weighted by Crippen LogP contribution is -2.32. The molecule has 5 nitrogen and oxygen atoms in total. The number of carbonyl (C=O) groups excluding carboxylic acids is 1. The summed E-state index contributed by atoms with van der Waals surface area (Å²) in [7, 11) is -0.972. The van der Waals surface area contributed by atoms with Crippen LogP contribution in [-0.2, 0) is 10.8 Å². The third-order valence-corrected chi connectivity index (χ3v) is 3.73. The van der Waals surface area contributed by atoms with E-state index in [0.29, 0.717) is 17.7 Å². The minimum Gasteiger partial charge on any atom is -0.384 e. The Labute approximate surface area is 114 Å². The van der Waals surface area contributed by atoms with Crippen molar-refractivity contribution in [3.05, 3.63) is 29.6 Å². The van der Waals surface area contributed by atoms with Crippen molar-refractivity contribution in [1.82, 2.24) is 10.3 Å². The second kappa shape index (κ2) is 7.67. The maximum Gasteiger partial charge on any atom is 0.252 e. The van der Waals surface area contributed by atoms with Gasteiger partial charge in [-0.15, -0.1) is 0 Å². The fourth-order valence-electron chi connectivity index (χ4n) is 1.23. The Kier molecular flexibility index (Phi) is 6.19. The molecule has 1 aromatic heterocycles. The van der Waals surface area contributed by atoms with Gasteiger partial charge in [-0.2, -0.15) is 0 Å². The largest absolute Gasteiger partial charge is 0.384 e. The van der Waals surface area contributed by atoms with E-state index in [4.69, 9.17) is 5.11 Å². The van der Waals surface area contributed by atoms with E-state index in [1.807, 2.05) is 0 Å². The molecule has 0 spiro atoms. The fraction of sp³-hybridized carbons (Fsp3) is 0.385. The van der Waals surface area contributed by atoms with E-state index >= 15 is 0 Å². The van der Waals surface area contributed by atoms with Gasteiger partial charge in [-0.1, -0.05) is 11.8 Å². The molecule has 2 N–H and O–H groups in total. The van der Waals surface area contributed by atoms with Gasteiger partial charge in [0.25, 0.3) is 5.91 Å². The molecule has 0 bridgehead atoms. The Bertz CT molecular complexity index is 534. The summed E-state index contributed by atoms with van der Waals surface area (Å²) in [6.07, 6.45) is 4.56. The molecule has 0 radical (unpaired) electrons. The van der Waals surface area contributed by atoms with Crippen LogP contribution >= 0.6 is 0 Å². The zero-order chi connectivity index (χ0) is 14.3. The quantitative estimate of drug-likeness (QED) is 0.756. The number of nitrogens with one attached hydrogen (secondary N) is 1. The first-order valence-corrected chi connectivity index (χ1v) is 7.32. The molecule has 1 aromatic rings. The number of pyridine rings is 1. The monoisotopic (exact) mass is 280 g/mol. The van der Waals surface area contributed by atoms with Crippen molar-refractivity contribution in [2.75, 3.05) is 19.4 Å². The van der Waals surface area contributed by atoms with E-state index in [-0.39, 0.29) is 17.8 Å². The van der Waals surface area contributed by atoms with Gasteiger partial charge in [0.15, 0.2) is 0 Å². The second-order valence-electron chi connectivity index (χ2n) is 3.94. The zero-order valence-electron chi connectivity index (χ0n) is 10.8. The van der Waals surface area contributed by atoms with E-state index in [2.05, 4.69) is 22.1 Å². The van der Waals surface area contributed by atoms with Crippen LogP contribution in [0.5, 0.6) is 0 Å². The summed E-state index contributed by atoms with van der Waals surface area (Å²) in [5.74, 6) is 4.89. The minimum absolute atomic E-state index is 0.103. The summed E-state index contributed by atoms with van der Waals surface area (Å²) in [6.45, 7) is 1.91. The van der Waals surface area contributed by atoms with Crippen LogP contribution in [0.2, 0.25) is 0 Å². The predicted octanol–water partition coefficient (Wildman–Crippen LogP) is -0.0778. The first-order chi connectivity index (χ1) is 9.04. The lowest BCUT2D eigenvalue weighted by atomic mass is 10.2. The molecule has 0 aliphatic rings. The Balaban J connectivity index is 2.69.